The lowest BCUT2D eigenvalue weighted by molar-refractivity contribution is 1.23. The molecule has 2 heteroatoms. The summed E-state index contributed by atoms with van der Waals surface area (Å²) in [6.45, 7) is 3.99. The maximum Gasteiger partial charge on any atom is 0.0491 e. The van der Waals surface area contributed by atoms with E-state index >= 15 is 0 Å². The fourth-order valence-corrected chi connectivity index (χ4v) is 0.960. The highest BCUT2D eigenvalue weighted by molar-refractivity contribution is 6.21. The second kappa shape index (κ2) is 4.27. The lowest BCUT2D eigenvalue weighted by atomic mass is 10.1. The van der Waals surface area contributed by atoms with Gasteiger partial charge in [0, 0.05) is 17.8 Å². The lowest BCUT2D eigenvalue weighted by Gasteiger charge is -1.97. The Labute approximate surface area is 78.1 Å². The molecule has 0 aliphatic carbocycles. The summed E-state index contributed by atoms with van der Waals surface area (Å²) in [5.41, 5.74) is 2.35. The van der Waals surface area contributed by atoms with E-state index in [2.05, 4.69) is 11.9 Å². The third-order valence-electron chi connectivity index (χ3n) is 1.62. The molecular weight excluding hydrogens is 170 g/mol. The molecule has 1 unspecified atom stereocenters. The fraction of sp³-hybridized carbons (Fsp3) is 0.300. The van der Waals surface area contributed by atoms with Crippen molar-refractivity contribution in [3.8, 4) is 0 Å². The van der Waals surface area contributed by atoms with Gasteiger partial charge in [0.25, 0.3) is 0 Å². The van der Waals surface area contributed by atoms with Crippen LogP contribution in [0.1, 0.15) is 18.1 Å². The van der Waals surface area contributed by atoms with Gasteiger partial charge in [0.15, 0.2) is 0 Å². The number of alkyl halides is 1. The van der Waals surface area contributed by atoms with Gasteiger partial charge in [-0.15, -0.1) is 11.6 Å². The highest BCUT2D eigenvalue weighted by Gasteiger charge is 1.92. The van der Waals surface area contributed by atoms with Crippen LogP contribution in [0, 0.1) is 6.92 Å². The van der Waals surface area contributed by atoms with E-state index < -0.39 is 0 Å². The first-order valence-electron chi connectivity index (χ1n) is 3.93. The molecule has 0 N–H and O–H groups in total. The van der Waals surface area contributed by atoms with Gasteiger partial charge in [0.2, 0.25) is 0 Å². The van der Waals surface area contributed by atoms with Gasteiger partial charge >= 0.3 is 0 Å². The third-order valence-corrected chi connectivity index (χ3v) is 1.77. The van der Waals surface area contributed by atoms with Crippen molar-refractivity contribution in [2.45, 2.75) is 19.2 Å². The van der Waals surface area contributed by atoms with Crippen LogP contribution in [0.3, 0.4) is 0 Å². The lowest BCUT2D eigenvalue weighted by Crippen LogP contribution is -1.84. The Balaban J connectivity index is 2.82. The van der Waals surface area contributed by atoms with Gasteiger partial charge in [-0.05, 0) is 31.0 Å². The smallest absolute Gasteiger partial charge is 0.0491 e. The minimum Gasteiger partial charge on any atom is -0.264 e. The van der Waals surface area contributed by atoms with Gasteiger partial charge in [-0.2, -0.15) is 0 Å². The van der Waals surface area contributed by atoms with Crippen molar-refractivity contribution >= 4 is 17.7 Å². The van der Waals surface area contributed by atoms with Gasteiger partial charge in [-0.25, -0.2) is 0 Å². The second-order valence-corrected chi connectivity index (χ2v) is 3.46. The van der Waals surface area contributed by atoms with E-state index in [1.165, 1.54) is 5.56 Å². The summed E-state index contributed by atoms with van der Waals surface area (Å²) in [7, 11) is 0. The molecule has 12 heavy (non-hydrogen) atoms. The Hall–Kier alpha value is -0.820. The van der Waals surface area contributed by atoms with Crippen molar-refractivity contribution < 1.29 is 0 Å². The minimum atomic E-state index is 0.0737. The van der Waals surface area contributed by atoms with Crippen LogP contribution in [0.4, 0.5) is 0 Å². The molecule has 1 nitrogen and oxygen atoms in total. The Morgan fingerprint density at radius 1 is 1.58 bits per heavy atom. The van der Waals surface area contributed by atoms with Crippen molar-refractivity contribution in [2.24, 2.45) is 0 Å². The Morgan fingerprint density at radius 2 is 2.33 bits per heavy atom. The van der Waals surface area contributed by atoms with Crippen molar-refractivity contribution in [3.63, 3.8) is 0 Å². The zero-order valence-electron chi connectivity index (χ0n) is 7.29. The van der Waals surface area contributed by atoms with Crippen molar-refractivity contribution in [1.29, 1.82) is 0 Å². The molecule has 0 aliphatic rings. The molecule has 1 aromatic heterocycles. The topological polar surface area (TPSA) is 12.9 Å². The summed E-state index contributed by atoms with van der Waals surface area (Å²) >= 11 is 5.77. The van der Waals surface area contributed by atoms with Gasteiger partial charge in [-0.1, -0.05) is 12.2 Å². The predicted octanol–water partition coefficient (Wildman–Crippen LogP) is 3.03. The van der Waals surface area contributed by atoms with Crippen LogP contribution in [0.2, 0.25) is 0 Å². The first-order valence-corrected chi connectivity index (χ1v) is 4.36. The number of allylic oxidation sites excluding steroid dienone is 1. The third kappa shape index (κ3) is 2.67. The van der Waals surface area contributed by atoms with E-state index in [1.54, 1.807) is 6.20 Å². The van der Waals surface area contributed by atoms with Crippen molar-refractivity contribution in [2.75, 3.05) is 0 Å². The van der Waals surface area contributed by atoms with Crippen LogP contribution in [0.15, 0.2) is 24.5 Å². The molecule has 1 atom stereocenters. The van der Waals surface area contributed by atoms with Gasteiger partial charge in [0.05, 0.1) is 0 Å². The van der Waals surface area contributed by atoms with Crippen LogP contribution in [0.5, 0.6) is 0 Å². The molecule has 0 saturated heterocycles. The number of halogens is 1. The van der Waals surface area contributed by atoms with Crippen LogP contribution >= 0.6 is 11.6 Å². The molecule has 1 heterocycles. The summed E-state index contributed by atoms with van der Waals surface area (Å²) in [6, 6.07) is 1.98. The molecule has 0 bridgehead atoms. The molecule has 0 radical (unpaired) electrons. The number of aromatic nitrogens is 1. The van der Waals surface area contributed by atoms with Gasteiger partial charge in [0.1, 0.15) is 0 Å². The highest BCUT2D eigenvalue weighted by atomic mass is 35.5. The molecule has 1 aromatic rings. The number of pyridine rings is 1. The number of aryl methyl sites for hydroxylation is 1. The first kappa shape index (κ1) is 9.27. The molecule has 0 aliphatic heterocycles. The van der Waals surface area contributed by atoms with E-state index in [1.807, 2.05) is 31.3 Å². The van der Waals surface area contributed by atoms with E-state index in [0.29, 0.717) is 0 Å². The molecule has 0 amide bonds. The molecule has 0 aromatic carbocycles. The Bertz CT molecular complexity index is 279. The minimum absolute atomic E-state index is 0.0737. The molecule has 0 fully saturated rings. The normalized spacial score (nSPS) is 13.6. The second-order valence-electron chi connectivity index (χ2n) is 2.77. The average molecular weight is 182 g/mol. The fourth-order valence-electron chi connectivity index (χ4n) is 0.887. The van der Waals surface area contributed by atoms with Crippen LogP contribution in [0.25, 0.3) is 6.08 Å². The van der Waals surface area contributed by atoms with Crippen LogP contribution < -0.4 is 0 Å². The first-order chi connectivity index (χ1) is 5.70. The molecule has 0 spiro atoms. The van der Waals surface area contributed by atoms with E-state index in [4.69, 9.17) is 11.6 Å². The van der Waals surface area contributed by atoms with E-state index in [-0.39, 0.29) is 5.38 Å². The maximum absolute atomic E-state index is 5.77. The van der Waals surface area contributed by atoms with E-state index in [9.17, 15) is 0 Å². The van der Waals surface area contributed by atoms with Crippen molar-refractivity contribution in [1.82, 2.24) is 4.98 Å². The average Bonchev–Trinajstić information content (AvgIpc) is 2.03. The zero-order valence-corrected chi connectivity index (χ0v) is 8.05. The molecular formula is C10H12ClN. The quantitative estimate of drug-likeness (QED) is 0.640. The number of hydrogen-bond donors (Lipinski definition) is 0. The standard InChI is InChI=1S/C10H12ClN/c1-8-5-6-12-7-10(8)4-3-9(2)11/h3-7,9H,1-2H3/b4-3+. The Morgan fingerprint density at radius 3 is 2.92 bits per heavy atom. The van der Waals surface area contributed by atoms with Crippen molar-refractivity contribution in [3.05, 3.63) is 35.7 Å². The van der Waals surface area contributed by atoms with Gasteiger partial charge < -0.3 is 0 Å². The van der Waals surface area contributed by atoms with Crippen LogP contribution in [-0.4, -0.2) is 10.4 Å². The summed E-state index contributed by atoms with van der Waals surface area (Å²) < 4.78 is 0. The van der Waals surface area contributed by atoms with Gasteiger partial charge in [-0.3, -0.25) is 4.98 Å². The Kier molecular flexibility index (Phi) is 3.30. The number of rotatable bonds is 2. The monoisotopic (exact) mass is 181 g/mol. The molecule has 64 valence electrons. The summed E-state index contributed by atoms with van der Waals surface area (Å²) in [6.07, 6.45) is 7.58. The maximum atomic E-state index is 5.77. The largest absolute Gasteiger partial charge is 0.264 e. The summed E-state index contributed by atoms with van der Waals surface area (Å²) in [5, 5.41) is 0.0737. The summed E-state index contributed by atoms with van der Waals surface area (Å²) in [4.78, 5) is 4.03. The highest BCUT2D eigenvalue weighted by Crippen LogP contribution is 2.08. The number of hydrogen-bond acceptors (Lipinski definition) is 1. The van der Waals surface area contributed by atoms with Crippen LogP contribution in [-0.2, 0) is 0 Å². The summed E-state index contributed by atoms with van der Waals surface area (Å²) in [5.74, 6) is 0. The van der Waals surface area contributed by atoms with E-state index in [0.717, 1.165) is 5.56 Å². The predicted molar refractivity (Wildman–Crippen MR) is 53.3 cm³/mol. The molecule has 0 saturated carbocycles. The SMILES string of the molecule is Cc1ccncc1/C=C/C(C)Cl. The zero-order chi connectivity index (χ0) is 8.97. The molecule has 1 rings (SSSR count). The number of nitrogens with zero attached hydrogens (tertiary/aromatic N) is 1.